The van der Waals surface area contributed by atoms with Crippen LogP contribution >= 0.6 is 11.6 Å². The number of amides is 1. The topological polar surface area (TPSA) is 83.0 Å². The molecular formula is C17H18ClN3O3. The molecule has 0 aromatic heterocycles. The molecule has 2 aromatic carbocycles. The summed E-state index contributed by atoms with van der Waals surface area (Å²) in [6, 6.07) is 10.8. The Hall–Kier alpha value is -2.73. The number of hydrogen-bond acceptors (Lipinski definition) is 5. The maximum absolute atomic E-state index is 11.7. The first-order chi connectivity index (χ1) is 11.5. The molecule has 3 N–H and O–H groups in total. The van der Waals surface area contributed by atoms with Gasteiger partial charge in [-0.3, -0.25) is 4.79 Å². The predicted octanol–water partition coefficient (Wildman–Crippen LogP) is 2.92. The Balaban J connectivity index is 1.88. The average molecular weight is 348 g/mol. The number of halogens is 1. The Morgan fingerprint density at radius 3 is 2.71 bits per heavy atom. The molecule has 2 rings (SSSR count). The molecule has 24 heavy (non-hydrogen) atoms. The number of phenols is 1. The summed E-state index contributed by atoms with van der Waals surface area (Å²) >= 11 is 5.88. The molecule has 1 amide bonds. The van der Waals surface area contributed by atoms with E-state index in [1.165, 1.54) is 19.4 Å². The Bertz CT molecular complexity index is 745. The highest BCUT2D eigenvalue weighted by atomic mass is 35.5. The van der Waals surface area contributed by atoms with E-state index >= 15 is 0 Å². The maximum atomic E-state index is 11.7. The van der Waals surface area contributed by atoms with E-state index in [4.69, 9.17) is 16.3 Å². The highest BCUT2D eigenvalue weighted by Gasteiger charge is 2.08. The molecule has 0 aliphatic rings. The van der Waals surface area contributed by atoms with E-state index < -0.39 is 0 Å². The highest BCUT2D eigenvalue weighted by Crippen LogP contribution is 2.34. The number of rotatable bonds is 6. The molecule has 2 aromatic rings. The van der Waals surface area contributed by atoms with Crippen LogP contribution in [0.2, 0.25) is 5.02 Å². The van der Waals surface area contributed by atoms with Gasteiger partial charge < -0.3 is 15.2 Å². The van der Waals surface area contributed by atoms with Crippen LogP contribution in [0, 0.1) is 6.92 Å². The molecule has 0 aliphatic carbocycles. The van der Waals surface area contributed by atoms with Gasteiger partial charge in [-0.2, -0.15) is 5.10 Å². The third kappa shape index (κ3) is 4.89. The van der Waals surface area contributed by atoms with Gasteiger partial charge in [-0.15, -0.1) is 0 Å². The van der Waals surface area contributed by atoms with Crippen molar-refractivity contribution in [3.8, 4) is 11.5 Å². The van der Waals surface area contributed by atoms with Crippen LogP contribution in [0.4, 0.5) is 5.69 Å². The molecule has 7 heteroatoms. The standard InChI is InChI=1S/C17H18ClN3O3/c1-11-3-5-13(6-4-11)19-10-16(22)21-20-9-12-7-14(18)17(23)15(8-12)24-2/h3-9,19,23H,10H2,1-2H3,(H,21,22)/b20-9+. The van der Waals surface area contributed by atoms with Gasteiger partial charge in [0.05, 0.1) is 24.9 Å². The number of hydrogen-bond donors (Lipinski definition) is 3. The molecule has 0 aliphatic heterocycles. The van der Waals surface area contributed by atoms with Crippen LogP contribution in [0.5, 0.6) is 11.5 Å². The molecule has 0 radical (unpaired) electrons. The van der Waals surface area contributed by atoms with Crippen LogP contribution in [-0.2, 0) is 4.79 Å². The Labute approximate surface area is 145 Å². The number of aromatic hydroxyl groups is 1. The third-order valence-corrected chi connectivity index (χ3v) is 3.47. The molecule has 0 heterocycles. The lowest BCUT2D eigenvalue weighted by Crippen LogP contribution is -2.25. The van der Waals surface area contributed by atoms with Gasteiger partial charge in [0.25, 0.3) is 5.91 Å². The number of hydrazone groups is 1. The van der Waals surface area contributed by atoms with E-state index in [1.54, 1.807) is 6.07 Å². The van der Waals surface area contributed by atoms with Crippen molar-refractivity contribution in [3.63, 3.8) is 0 Å². The van der Waals surface area contributed by atoms with Crippen LogP contribution in [0.1, 0.15) is 11.1 Å². The number of aryl methyl sites for hydroxylation is 1. The van der Waals surface area contributed by atoms with Gasteiger partial charge in [0, 0.05) is 5.69 Å². The van der Waals surface area contributed by atoms with Gasteiger partial charge >= 0.3 is 0 Å². The van der Waals surface area contributed by atoms with Gasteiger partial charge in [0.1, 0.15) is 0 Å². The zero-order valence-electron chi connectivity index (χ0n) is 13.3. The van der Waals surface area contributed by atoms with Crippen molar-refractivity contribution in [2.45, 2.75) is 6.92 Å². The lowest BCUT2D eigenvalue weighted by molar-refractivity contribution is -0.119. The summed E-state index contributed by atoms with van der Waals surface area (Å²) in [5.74, 6) is -0.192. The first-order valence-electron chi connectivity index (χ1n) is 7.18. The van der Waals surface area contributed by atoms with E-state index in [1.807, 2.05) is 31.2 Å². The van der Waals surface area contributed by atoms with Crippen molar-refractivity contribution in [1.29, 1.82) is 0 Å². The Kier molecular flexibility index (Phi) is 6.03. The van der Waals surface area contributed by atoms with Crippen molar-refractivity contribution in [1.82, 2.24) is 5.43 Å². The summed E-state index contributed by atoms with van der Waals surface area (Å²) in [7, 11) is 1.42. The van der Waals surface area contributed by atoms with Crippen molar-refractivity contribution in [3.05, 3.63) is 52.5 Å². The number of methoxy groups -OCH3 is 1. The summed E-state index contributed by atoms with van der Waals surface area (Å²) in [5.41, 5.74) is 5.00. The Morgan fingerprint density at radius 1 is 1.33 bits per heavy atom. The quantitative estimate of drug-likeness (QED) is 0.554. The fourth-order valence-electron chi connectivity index (χ4n) is 1.90. The van der Waals surface area contributed by atoms with Crippen LogP contribution in [0.15, 0.2) is 41.5 Å². The second kappa shape index (κ2) is 8.21. The number of carbonyl (C=O) groups is 1. The Morgan fingerprint density at radius 2 is 2.04 bits per heavy atom. The summed E-state index contributed by atoms with van der Waals surface area (Å²) in [6.07, 6.45) is 1.41. The average Bonchev–Trinajstić information content (AvgIpc) is 2.57. The van der Waals surface area contributed by atoms with Crippen molar-refractivity contribution in [2.24, 2.45) is 5.10 Å². The number of nitrogens with zero attached hydrogens (tertiary/aromatic N) is 1. The van der Waals surface area contributed by atoms with E-state index in [9.17, 15) is 9.90 Å². The van der Waals surface area contributed by atoms with Gasteiger partial charge in [-0.05, 0) is 36.8 Å². The number of benzene rings is 2. The zero-order valence-corrected chi connectivity index (χ0v) is 14.1. The predicted molar refractivity (Wildman–Crippen MR) is 95.1 cm³/mol. The summed E-state index contributed by atoms with van der Waals surface area (Å²) in [6.45, 7) is 2.09. The van der Waals surface area contributed by atoms with Crippen LogP contribution in [0.3, 0.4) is 0 Å². The number of nitrogens with one attached hydrogen (secondary N) is 2. The second-order valence-corrected chi connectivity index (χ2v) is 5.47. The second-order valence-electron chi connectivity index (χ2n) is 5.07. The smallest absolute Gasteiger partial charge is 0.259 e. The van der Waals surface area contributed by atoms with Gasteiger partial charge in [0.15, 0.2) is 11.5 Å². The van der Waals surface area contributed by atoms with Crippen LogP contribution in [-0.4, -0.2) is 30.9 Å². The lowest BCUT2D eigenvalue weighted by Gasteiger charge is -2.06. The monoisotopic (exact) mass is 347 g/mol. The minimum atomic E-state index is -0.288. The molecular weight excluding hydrogens is 330 g/mol. The lowest BCUT2D eigenvalue weighted by atomic mass is 10.2. The minimum Gasteiger partial charge on any atom is -0.503 e. The van der Waals surface area contributed by atoms with Crippen molar-refractivity contribution < 1.29 is 14.6 Å². The van der Waals surface area contributed by atoms with E-state index in [0.717, 1.165) is 11.3 Å². The zero-order chi connectivity index (χ0) is 17.5. The van der Waals surface area contributed by atoms with E-state index in [-0.39, 0.29) is 29.0 Å². The van der Waals surface area contributed by atoms with Gasteiger partial charge in [-0.25, -0.2) is 5.43 Å². The van der Waals surface area contributed by atoms with E-state index in [2.05, 4.69) is 15.8 Å². The first-order valence-corrected chi connectivity index (χ1v) is 7.56. The van der Waals surface area contributed by atoms with Crippen LogP contribution in [0.25, 0.3) is 0 Å². The first kappa shape index (κ1) is 17.6. The molecule has 0 atom stereocenters. The van der Waals surface area contributed by atoms with E-state index in [0.29, 0.717) is 5.56 Å². The normalized spacial score (nSPS) is 10.6. The summed E-state index contributed by atoms with van der Waals surface area (Å²) in [4.78, 5) is 11.7. The number of phenolic OH excluding ortho intramolecular Hbond substituents is 1. The SMILES string of the molecule is COc1cc(/C=N/NC(=O)CNc2ccc(C)cc2)cc(Cl)c1O. The molecule has 6 nitrogen and oxygen atoms in total. The van der Waals surface area contributed by atoms with Crippen molar-refractivity contribution >= 4 is 29.4 Å². The van der Waals surface area contributed by atoms with Gasteiger partial charge in [0.2, 0.25) is 0 Å². The maximum Gasteiger partial charge on any atom is 0.259 e. The molecule has 0 bridgehead atoms. The summed E-state index contributed by atoms with van der Waals surface area (Å²) < 4.78 is 5.00. The number of anilines is 1. The molecule has 0 spiro atoms. The molecule has 126 valence electrons. The van der Waals surface area contributed by atoms with Crippen LogP contribution < -0.4 is 15.5 Å². The molecule has 0 saturated heterocycles. The molecule has 0 saturated carbocycles. The van der Waals surface area contributed by atoms with Crippen molar-refractivity contribution in [2.75, 3.05) is 19.0 Å². The number of ether oxygens (including phenoxy) is 1. The van der Waals surface area contributed by atoms with Gasteiger partial charge in [-0.1, -0.05) is 29.3 Å². The number of carbonyl (C=O) groups excluding carboxylic acids is 1. The molecule has 0 unspecified atom stereocenters. The molecule has 0 fully saturated rings. The largest absolute Gasteiger partial charge is 0.503 e. The fourth-order valence-corrected chi connectivity index (χ4v) is 2.12. The minimum absolute atomic E-state index is 0.0973. The highest BCUT2D eigenvalue weighted by molar-refractivity contribution is 6.32. The summed E-state index contributed by atoms with van der Waals surface area (Å²) in [5, 5.41) is 16.6. The third-order valence-electron chi connectivity index (χ3n) is 3.18. The fraction of sp³-hybridized carbons (Fsp3) is 0.176.